The maximum atomic E-state index is 11.5. The van der Waals surface area contributed by atoms with Crippen LogP contribution in [0.15, 0.2) is 0 Å². The topological polar surface area (TPSA) is 63.4 Å². The van der Waals surface area contributed by atoms with Gasteiger partial charge in [-0.3, -0.25) is 0 Å². The molecule has 0 aromatic rings. The number of rotatable bonds is 6. The molecule has 2 N–H and O–H groups in total. The normalized spacial score (nSPS) is 20.8. The van der Waals surface area contributed by atoms with Gasteiger partial charge in [0.25, 0.3) is 0 Å². The van der Waals surface area contributed by atoms with E-state index in [1.807, 2.05) is 6.26 Å². The van der Waals surface area contributed by atoms with E-state index < -0.39 is 9.84 Å². The molecule has 0 saturated carbocycles. The van der Waals surface area contributed by atoms with Crippen molar-refractivity contribution in [3.05, 3.63) is 0 Å². The molecular weight excluding hydrogens is 288 g/mol. The molecule has 0 amide bonds. The first kappa shape index (κ1) is 16.2. The van der Waals surface area contributed by atoms with Crippen LogP contribution in [0.3, 0.4) is 0 Å². The lowest BCUT2D eigenvalue weighted by molar-refractivity contribution is 0.232. The molecule has 4 nitrogen and oxygen atoms in total. The lowest BCUT2D eigenvalue weighted by atomic mass is 9.95. The van der Waals surface area contributed by atoms with Crippen LogP contribution in [0.1, 0.15) is 19.8 Å². The predicted molar refractivity (Wildman–Crippen MR) is 83.0 cm³/mol. The van der Waals surface area contributed by atoms with Crippen LogP contribution in [-0.4, -0.2) is 60.4 Å². The van der Waals surface area contributed by atoms with E-state index in [1.165, 1.54) is 0 Å². The van der Waals surface area contributed by atoms with Crippen molar-refractivity contribution in [2.45, 2.75) is 24.5 Å². The second-order valence-electron chi connectivity index (χ2n) is 4.64. The molecule has 0 aromatic carbocycles. The van der Waals surface area contributed by atoms with E-state index in [1.54, 1.807) is 18.7 Å². The van der Waals surface area contributed by atoms with E-state index in [0.717, 1.165) is 25.9 Å². The van der Waals surface area contributed by atoms with Gasteiger partial charge in [-0.2, -0.15) is 11.8 Å². The Balaban J connectivity index is 2.47. The van der Waals surface area contributed by atoms with Gasteiger partial charge in [0.15, 0.2) is 9.84 Å². The molecule has 1 fully saturated rings. The monoisotopic (exact) mass is 310 g/mol. The van der Waals surface area contributed by atoms with Crippen molar-refractivity contribution in [1.29, 1.82) is 0 Å². The van der Waals surface area contributed by atoms with Gasteiger partial charge in [-0.1, -0.05) is 19.1 Å². The van der Waals surface area contributed by atoms with Crippen LogP contribution in [-0.2, 0) is 9.84 Å². The molecule has 0 radical (unpaired) electrons. The van der Waals surface area contributed by atoms with Gasteiger partial charge in [-0.05, 0) is 32.2 Å². The van der Waals surface area contributed by atoms with E-state index in [9.17, 15) is 8.42 Å². The first-order valence-electron chi connectivity index (χ1n) is 6.13. The summed E-state index contributed by atoms with van der Waals surface area (Å²) in [6.07, 6.45) is 3.86. The molecule has 0 aliphatic carbocycles. The third-order valence-electron chi connectivity index (χ3n) is 3.66. The maximum absolute atomic E-state index is 11.5. The number of thioether (sulfide) groups is 1. The van der Waals surface area contributed by atoms with Crippen molar-refractivity contribution >= 4 is 38.8 Å². The second kappa shape index (κ2) is 6.54. The Morgan fingerprint density at radius 1 is 1.44 bits per heavy atom. The van der Waals surface area contributed by atoms with Gasteiger partial charge < -0.3 is 10.6 Å². The maximum Gasteiger partial charge on any atom is 0.151 e. The summed E-state index contributed by atoms with van der Waals surface area (Å²) in [7, 11) is -2.87. The minimum absolute atomic E-state index is 0.0878. The fourth-order valence-electron chi connectivity index (χ4n) is 2.10. The van der Waals surface area contributed by atoms with Crippen molar-refractivity contribution in [2.24, 2.45) is 5.73 Å². The van der Waals surface area contributed by atoms with Gasteiger partial charge >= 0.3 is 0 Å². The minimum Gasteiger partial charge on any atom is -0.392 e. The molecule has 0 bridgehead atoms. The van der Waals surface area contributed by atoms with Crippen LogP contribution in [0, 0.1) is 0 Å². The first-order valence-corrected chi connectivity index (χ1v) is 9.58. The molecule has 0 aromatic heterocycles. The Bertz CT molecular complexity index is 387. The first-order chi connectivity index (χ1) is 8.35. The lowest BCUT2D eigenvalue weighted by Crippen LogP contribution is -2.50. The largest absolute Gasteiger partial charge is 0.392 e. The average Bonchev–Trinajstić information content (AvgIpc) is 2.37. The van der Waals surface area contributed by atoms with Crippen molar-refractivity contribution in [2.75, 3.05) is 37.4 Å². The molecule has 1 rings (SSSR count). The summed E-state index contributed by atoms with van der Waals surface area (Å²) in [6.45, 7) is 4.06. The van der Waals surface area contributed by atoms with E-state index in [4.69, 9.17) is 18.0 Å². The summed E-state index contributed by atoms with van der Waals surface area (Å²) in [5.41, 5.74) is 5.82. The standard InChI is InChI=1S/C11H22N2O2S3/c1-3-18(14,15)9-8-13-6-4-11(17-2,5-7-13)10(12)16/h3-9H2,1-2H3,(H2,12,16). The Labute approximate surface area is 120 Å². The number of nitrogens with zero attached hydrogens (tertiary/aromatic N) is 1. The minimum atomic E-state index is -2.87. The van der Waals surface area contributed by atoms with E-state index >= 15 is 0 Å². The van der Waals surface area contributed by atoms with Crippen molar-refractivity contribution in [1.82, 2.24) is 4.90 Å². The smallest absolute Gasteiger partial charge is 0.151 e. The van der Waals surface area contributed by atoms with Gasteiger partial charge in [0, 0.05) is 12.3 Å². The van der Waals surface area contributed by atoms with Crippen LogP contribution in [0.4, 0.5) is 0 Å². The SMILES string of the molecule is CCS(=O)(=O)CCN1CCC(SC)(C(N)=S)CC1. The lowest BCUT2D eigenvalue weighted by Gasteiger charge is -2.40. The molecule has 1 heterocycles. The molecule has 1 aliphatic heterocycles. The third kappa shape index (κ3) is 4.08. The number of hydrogen-bond acceptors (Lipinski definition) is 5. The number of hydrogen-bond donors (Lipinski definition) is 1. The van der Waals surface area contributed by atoms with Crippen molar-refractivity contribution < 1.29 is 8.42 Å². The van der Waals surface area contributed by atoms with Gasteiger partial charge in [0.05, 0.1) is 15.5 Å². The predicted octanol–water partition coefficient (Wildman–Crippen LogP) is 0.905. The highest BCUT2D eigenvalue weighted by molar-refractivity contribution is 8.02. The summed E-state index contributed by atoms with van der Waals surface area (Å²) < 4.78 is 22.8. The van der Waals surface area contributed by atoms with Crippen molar-refractivity contribution in [3.63, 3.8) is 0 Å². The number of nitrogens with two attached hydrogens (primary N) is 1. The van der Waals surface area contributed by atoms with E-state index in [0.29, 0.717) is 11.5 Å². The van der Waals surface area contributed by atoms with Crippen LogP contribution in [0.2, 0.25) is 0 Å². The fraction of sp³-hybridized carbons (Fsp3) is 0.909. The Hall–Kier alpha value is 0.150. The van der Waals surface area contributed by atoms with Crippen LogP contribution in [0.5, 0.6) is 0 Å². The molecular formula is C11H22N2O2S3. The van der Waals surface area contributed by atoms with E-state index in [2.05, 4.69) is 4.90 Å². The van der Waals surface area contributed by atoms with Crippen LogP contribution < -0.4 is 5.73 Å². The molecule has 106 valence electrons. The van der Waals surface area contributed by atoms with Gasteiger partial charge in [0.2, 0.25) is 0 Å². The third-order valence-corrected chi connectivity index (χ3v) is 7.28. The quantitative estimate of drug-likeness (QED) is 0.736. The highest BCUT2D eigenvalue weighted by Crippen LogP contribution is 2.34. The molecule has 18 heavy (non-hydrogen) atoms. The molecule has 0 spiro atoms. The van der Waals surface area contributed by atoms with Gasteiger partial charge in [-0.15, -0.1) is 0 Å². The average molecular weight is 311 g/mol. The summed E-state index contributed by atoms with van der Waals surface area (Å²) in [5.74, 6) is 0.477. The van der Waals surface area contributed by atoms with Crippen molar-refractivity contribution in [3.8, 4) is 0 Å². The summed E-state index contributed by atoms with van der Waals surface area (Å²) in [4.78, 5) is 2.77. The zero-order chi connectivity index (χ0) is 13.8. The molecule has 1 aliphatic rings. The Kier molecular flexibility index (Phi) is 5.89. The highest BCUT2D eigenvalue weighted by atomic mass is 32.2. The molecule has 1 saturated heterocycles. The summed E-state index contributed by atoms with van der Waals surface area (Å²) in [5, 5.41) is 0. The van der Waals surface area contributed by atoms with Crippen LogP contribution >= 0.6 is 24.0 Å². The zero-order valence-electron chi connectivity index (χ0n) is 11.0. The number of piperidine rings is 1. The Morgan fingerprint density at radius 3 is 2.39 bits per heavy atom. The van der Waals surface area contributed by atoms with E-state index in [-0.39, 0.29) is 16.3 Å². The summed E-state index contributed by atoms with van der Waals surface area (Å²) >= 11 is 6.87. The Morgan fingerprint density at radius 2 is 2.00 bits per heavy atom. The molecule has 0 atom stereocenters. The van der Waals surface area contributed by atoms with Crippen LogP contribution in [0.25, 0.3) is 0 Å². The number of thiocarbonyl (C=S) groups is 1. The molecule has 7 heteroatoms. The van der Waals surface area contributed by atoms with Gasteiger partial charge in [-0.25, -0.2) is 8.42 Å². The molecule has 0 unspecified atom stereocenters. The fourth-order valence-corrected chi connectivity index (χ4v) is 4.17. The highest BCUT2D eigenvalue weighted by Gasteiger charge is 2.36. The summed E-state index contributed by atoms with van der Waals surface area (Å²) in [6, 6.07) is 0. The second-order valence-corrected chi connectivity index (χ2v) is 8.74. The van der Waals surface area contributed by atoms with Gasteiger partial charge in [0.1, 0.15) is 0 Å². The zero-order valence-corrected chi connectivity index (χ0v) is 13.5. The number of sulfone groups is 1. The number of likely N-dealkylation sites (tertiary alicyclic amines) is 1.